The summed E-state index contributed by atoms with van der Waals surface area (Å²) < 4.78 is 0. The van der Waals surface area contributed by atoms with E-state index in [1.165, 1.54) is 19.6 Å². The van der Waals surface area contributed by atoms with Crippen LogP contribution in [-0.4, -0.2) is 43.8 Å². The van der Waals surface area contributed by atoms with E-state index in [-0.39, 0.29) is 0 Å². The van der Waals surface area contributed by atoms with Gasteiger partial charge in [0.05, 0.1) is 6.17 Å². The van der Waals surface area contributed by atoms with E-state index in [0.717, 1.165) is 19.3 Å². The monoisotopic (exact) mass is 127 g/mol. The Balaban J connectivity index is 1.80. The Labute approximate surface area is 55.4 Å². The van der Waals surface area contributed by atoms with Crippen LogP contribution in [0.1, 0.15) is 0 Å². The van der Waals surface area contributed by atoms with Crippen molar-refractivity contribution in [2.45, 2.75) is 6.17 Å². The lowest BCUT2D eigenvalue weighted by Crippen LogP contribution is -2.45. The van der Waals surface area contributed by atoms with E-state index in [4.69, 9.17) is 0 Å². The minimum atomic E-state index is 0.729. The predicted octanol–water partition coefficient (Wildman–Crippen LogP) is -1.18. The van der Waals surface area contributed by atoms with Gasteiger partial charge in [0.2, 0.25) is 0 Å². The highest BCUT2D eigenvalue weighted by molar-refractivity contribution is 4.85. The van der Waals surface area contributed by atoms with Gasteiger partial charge in [-0.1, -0.05) is 0 Å². The van der Waals surface area contributed by atoms with Crippen LogP contribution >= 0.6 is 0 Å². The van der Waals surface area contributed by atoms with Crippen LogP contribution in [0.3, 0.4) is 0 Å². The zero-order chi connectivity index (χ0) is 6.10. The van der Waals surface area contributed by atoms with Crippen molar-refractivity contribution in [1.29, 1.82) is 0 Å². The minimum absolute atomic E-state index is 0.729. The zero-order valence-electron chi connectivity index (χ0n) is 5.56. The summed E-state index contributed by atoms with van der Waals surface area (Å²) in [6, 6.07) is 0. The fourth-order valence-corrected chi connectivity index (χ4v) is 1.30. The largest absolute Gasteiger partial charge is 0.314 e. The molecule has 2 rings (SSSR count). The standard InChI is InChI=1S/C6H13N3/c1-3-9(4-2-7-1)6-5-8-6/h6-8H,1-5H2. The molecule has 0 bridgehead atoms. The van der Waals surface area contributed by atoms with Crippen LogP contribution in [0.15, 0.2) is 0 Å². The van der Waals surface area contributed by atoms with E-state index in [1.54, 1.807) is 0 Å². The Kier molecular flexibility index (Phi) is 1.41. The van der Waals surface area contributed by atoms with Gasteiger partial charge >= 0.3 is 0 Å². The van der Waals surface area contributed by atoms with Crippen molar-refractivity contribution in [3.05, 3.63) is 0 Å². The third-order valence-electron chi connectivity index (χ3n) is 1.98. The molecule has 0 radical (unpaired) electrons. The molecule has 2 N–H and O–H groups in total. The predicted molar refractivity (Wildman–Crippen MR) is 36.2 cm³/mol. The number of nitrogens with one attached hydrogen (secondary N) is 2. The average molecular weight is 127 g/mol. The molecule has 0 aliphatic carbocycles. The summed E-state index contributed by atoms with van der Waals surface area (Å²) in [5.74, 6) is 0. The normalized spacial score (nSPS) is 36.7. The molecule has 0 aromatic heterocycles. The maximum absolute atomic E-state index is 3.33. The maximum Gasteiger partial charge on any atom is 0.0728 e. The molecule has 3 heteroatoms. The van der Waals surface area contributed by atoms with E-state index in [0.29, 0.717) is 0 Å². The quantitative estimate of drug-likeness (QED) is 0.435. The molecule has 0 aromatic rings. The molecule has 0 spiro atoms. The van der Waals surface area contributed by atoms with Crippen LogP contribution in [0.5, 0.6) is 0 Å². The van der Waals surface area contributed by atoms with Crippen molar-refractivity contribution in [2.75, 3.05) is 32.7 Å². The van der Waals surface area contributed by atoms with Crippen LogP contribution < -0.4 is 10.6 Å². The van der Waals surface area contributed by atoms with E-state index in [1.807, 2.05) is 0 Å². The third-order valence-corrected chi connectivity index (χ3v) is 1.98. The number of hydrogen-bond donors (Lipinski definition) is 2. The highest BCUT2D eigenvalue weighted by Gasteiger charge is 2.28. The summed E-state index contributed by atoms with van der Waals surface area (Å²) >= 11 is 0. The van der Waals surface area contributed by atoms with Crippen molar-refractivity contribution >= 4 is 0 Å². The van der Waals surface area contributed by atoms with Gasteiger partial charge < -0.3 is 5.32 Å². The van der Waals surface area contributed by atoms with Gasteiger partial charge in [0, 0.05) is 32.7 Å². The second-order valence-corrected chi connectivity index (χ2v) is 2.71. The molecule has 9 heavy (non-hydrogen) atoms. The lowest BCUT2D eigenvalue weighted by atomic mass is 10.4. The van der Waals surface area contributed by atoms with Gasteiger partial charge in [-0.2, -0.15) is 0 Å². The van der Waals surface area contributed by atoms with Crippen molar-refractivity contribution < 1.29 is 0 Å². The Morgan fingerprint density at radius 2 is 1.89 bits per heavy atom. The summed E-state index contributed by atoms with van der Waals surface area (Å²) in [5, 5.41) is 6.63. The third kappa shape index (κ3) is 1.23. The Morgan fingerprint density at radius 1 is 1.22 bits per heavy atom. The molecule has 2 saturated heterocycles. The lowest BCUT2D eigenvalue weighted by molar-refractivity contribution is 0.229. The van der Waals surface area contributed by atoms with Gasteiger partial charge in [-0.25, -0.2) is 0 Å². The topological polar surface area (TPSA) is 37.2 Å². The maximum atomic E-state index is 3.33. The minimum Gasteiger partial charge on any atom is -0.314 e. The first kappa shape index (κ1) is 5.65. The van der Waals surface area contributed by atoms with Gasteiger partial charge in [-0.05, 0) is 0 Å². The molecule has 1 unspecified atom stereocenters. The van der Waals surface area contributed by atoms with Crippen LogP contribution in [0, 0.1) is 0 Å². The SMILES string of the molecule is C1CN(C2CN2)CCN1. The fraction of sp³-hybridized carbons (Fsp3) is 1.00. The van der Waals surface area contributed by atoms with Crippen LogP contribution in [0.4, 0.5) is 0 Å². The molecule has 0 amide bonds. The second kappa shape index (κ2) is 2.25. The van der Waals surface area contributed by atoms with Gasteiger partial charge in [0.1, 0.15) is 0 Å². The molecule has 2 heterocycles. The number of hydrogen-bond acceptors (Lipinski definition) is 3. The molecule has 3 nitrogen and oxygen atoms in total. The number of rotatable bonds is 1. The average Bonchev–Trinajstić information content (AvgIpc) is 2.71. The number of nitrogens with zero attached hydrogens (tertiary/aromatic N) is 1. The molecule has 2 aliphatic rings. The summed E-state index contributed by atoms with van der Waals surface area (Å²) in [5.41, 5.74) is 0. The van der Waals surface area contributed by atoms with Gasteiger partial charge in [0.15, 0.2) is 0 Å². The van der Waals surface area contributed by atoms with Crippen molar-refractivity contribution in [2.24, 2.45) is 0 Å². The molecule has 2 aliphatic heterocycles. The highest BCUT2D eigenvalue weighted by atomic mass is 15.4. The highest BCUT2D eigenvalue weighted by Crippen LogP contribution is 2.05. The molecule has 2 fully saturated rings. The Morgan fingerprint density at radius 3 is 2.44 bits per heavy atom. The molecular formula is C6H13N3. The molecular weight excluding hydrogens is 114 g/mol. The van der Waals surface area contributed by atoms with Gasteiger partial charge in [-0.15, -0.1) is 0 Å². The summed E-state index contributed by atoms with van der Waals surface area (Å²) in [7, 11) is 0. The second-order valence-electron chi connectivity index (χ2n) is 2.71. The van der Waals surface area contributed by atoms with Crippen molar-refractivity contribution in [3.63, 3.8) is 0 Å². The van der Waals surface area contributed by atoms with E-state index >= 15 is 0 Å². The van der Waals surface area contributed by atoms with Crippen molar-refractivity contribution in [3.8, 4) is 0 Å². The van der Waals surface area contributed by atoms with E-state index in [2.05, 4.69) is 15.5 Å². The summed E-state index contributed by atoms with van der Waals surface area (Å²) in [4.78, 5) is 2.50. The van der Waals surface area contributed by atoms with Gasteiger partial charge in [0.25, 0.3) is 0 Å². The Hall–Kier alpha value is -0.120. The first-order chi connectivity index (χ1) is 4.47. The van der Waals surface area contributed by atoms with E-state index < -0.39 is 0 Å². The van der Waals surface area contributed by atoms with Gasteiger partial charge in [-0.3, -0.25) is 10.2 Å². The summed E-state index contributed by atoms with van der Waals surface area (Å²) in [6.45, 7) is 5.98. The van der Waals surface area contributed by atoms with Crippen LogP contribution in [-0.2, 0) is 0 Å². The van der Waals surface area contributed by atoms with Crippen LogP contribution in [0.2, 0.25) is 0 Å². The van der Waals surface area contributed by atoms with Crippen LogP contribution in [0.25, 0.3) is 0 Å². The first-order valence-electron chi connectivity index (χ1n) is 3.65. The molecule has 1 atom stereocenters. The van der Waals surface area contributed by atoms with Crippen molar-refractivity contribution in [1.82, 2.24) is 15.5 Å². The summed E-state index contributed by atoms with van der Waals surface area (Å²) in [6.07, 6.45) is 0.729. The molecule has 0 saturated carbocycles. The fourth-order valence-electron chi connectivity index (χ4n) is 1.30. The number of piperazine rings is 1. The van der Waals surface area contributed by atoms with E-state index in [9.17, 15) is 0 Å². The molecule has 52 valence electrons. The first-order valence-corrected chi connectivity index (χ1v) is 3.65. The lowest BCUT2D eigenvalue weighted by Gasteiger charge is -2.25. The Bertz CT molecular complexity index is 94.5. The molecule has 0 aromatic carbocycles. The zero-order valence-corrected chi connectivity index (χ0v) is 5.56. The smallest absolute Gasteiger partial charge is 0.0728 e.